The Labute approximate surface area is 122 Å². The summed E-state index contributed by atoms with van der Waals surface area (Å²) in [7, 11) is 0. The molecule has 20 heavy (non-hydrogen) atoms. The van der Waals surface area contributed by atoms with Gasteiger partial charge in [-0.05, 0) is 52.7 Å². The van der Waals surface area contributed by atoms with E-state index in [1.54, 1.807) is 0 Å². The maximum Gasteiger partial charge on any atom is 0.128 e. The Morgan fingerprint density at radius 2 is 1.85 bits per heavy atom. The van der Waals surface area contributed by atoms with Crippen LogP contribution in [-0.4, -0.2) is 36.3 Å². The van der Waals surface area contributed by atoms with E-state index >= 15 is 0 Å². The molecule has 2 unspecified atom stereocenters. The van der Waals surface area contributed by atoms with Crippen LogP contribution < -0.4 is 10.2 Å². The number of nitrogens with zero attached hydrogens (tertiary/aromatic N) is 2. The summed E-state index contributed by atoms with van der Waals surface area (Å²) in [4.78, 5) is 6.81. The Hall–Kier alpha value is -1.29. The van der Waals surface area contributed by atoms with Gasteiger partial charge in [-0.25, -0.2) is 4.98 Å². The fourth-order valence-corrected chi connectivity index (χ4v) is 2.96. The number of nitrogens with one attached hydrogen (secondary N) is 1. The largest absolute Gasteiger partial charge is 0.381 e. The Balaban J connectivity index is 1.96. The number of anilines is 2. The number of pyridine rings is 1. The molecule has 0 radical (unpaired) electrons. The molecule has 1 fully saturated rings. The summed E-state index contributed by atoms with van der Waals surface area (Å²) in [6.45, 7) is 10.6. The number of ether oxygens (including phenoxy) is 1. The van der Waals surface area contributed by atoms with E-state index in [1.807, 2.05) is 6.20 Å². The van der Waals surface area contributed by atoms with E-state index in [4.69, 9.17) is 4.74 Å². The van der Waals surface area contributed by atoms with Crippen molar-refractivity contribution in [2.45, 2.75) is 58.8 Å². The summed E-state index contributed by atoms with van der Waals surface area (Å²) in [6.07, 6.45) is 4.72. The maximum absolute atomic E-state index is 5.77. The average molecular weight is 277 g/mol. The maximum atomic E-state index is 5.77. The zero-order valence-electron chi connectivity index (χ0n) is 13.1. The highest BCUT2D eigenvalue weighted by Gasteiger charge is 2.24. The summed E-state index contributed by atoms with van der Waals surface area (Å²) in [5.74, 6) is 1.05. The lowest BCUT2D eigenvalue weighted by molar-refractivity contribution is -0.0337. The van der Waals surface area contributed by atoms with Crippen LogP contribution in [0.15, 0.2) is 18.3 Å². The topological polar surface area (TPSA) is 37.4 Å². The van der Waals surface area contributed by atoms with Gasteiger partial charge in [-0.3, -0.25) is 0 Å². The van der Waals surface area contributed by atoms with Crippen LogP contribution in [0.3, 0.4) is 0 Å². The van der Waals surface area contributed by atoms with Crippen molar-refractivity contribution in [1.29, 1.82) is 0 Å². The van der Waals surface area contributed by atoms with E-state index in [2.05, 4.69) is 55.0 Å². The van der Waals surface area contributed by atoms with Gasteiger partial charge in [-0.2, -0.15) is 0 Å². The third-order valence-electron chi connectivity index (χ3n) is 3.90. The minimum Gasteiger partial charge on any atom is -0.381 e. The Morgan fingerprint density at radius 3 is 2.35 bits per heavy atom. The van der Waals surface area contributed by atoms with Gasteiger partial charge in [-0.15, -0.1) is 0 Å². The lowest BCUT2D eigenvalue weighted by Crippen LogP contribution is -2.36. The van der Waals surface area contributed by atoms with Gasteiger partial charge in [0.25, 0.3) is 0 Å². The van der Waals surface area contributed by atoms with Gasteiger partial charge >= 0.3 is 0 Å². The third-order valence-corrected chi connectivity index (χ3v) is 3.90. The first-order valence-electron chi connectivity index (χ1n) is 7.75. The predicted octanol–water partition coefficient (Wildman–Crippen LogP) is 3.30. The molecule has 4 heteroatoms. The second-order valence-corrected chi connectivity index (χ2v) is 5.65. The third kappa shape index (κ3) is 3.85. The van der Waals surface area contributed by atoms with Crippen LogP contribution in [-0.2, 0) is 4.74 Å². The van der Waals surface area contributed by atoms with Gasteiger partial charge in [0, 0.05) is 19.1 Å². The molecule has 0 saturated carbocycles. The molecule has 0 bridgehead atoms. The van der Waals surface area contributed by atoms with Crippen molar-refractivity contribution in [3.63, 3.8) is 0 Å². The molecular weight excluding hydrogens is 250 g/mol. The predicted molar refractivity (Wildman–Crippen MR) is 84.5 cm³/mol. The standard InChI is InChI=1S/C16H27N3O/c1-5-19(6-2)16-8-7-14(11-17-16)18-15-9-12(3)20-13(4)10-15/h7-8,11-13,15,18H,5-6,9-10H2,1-4H3. The van der Waals surface area contributed by atoms with Crippen molar-refractivity contribution in [1.82, 2.24) is 4.98 Å². The Morgan fingerprint density at radius 1 is 1.20 bits per heavy atom. The summed E-state index contributed by atoms with van der Waals surface area (Å²) >= 11 is 0. The molecule has 1 saturated heterocycles. The molecule has 0 spiro atoms. The van der Waals surface area contributed by atoms with E-state index in [-0.39, 0.29) is 0 Å². The van der Waals surface area contributed by atoms with E-state index in [9.17, 15) is 0 Å². The molecule has 0 amide bonds. The van der Waals surface area contributed by atoms with Crippen LogP contribution in [0.25, 0.3) is 0 Å². The minimum absolute atomic E-state index is 0.333. The van der Waals surface area contributed by atoms with Crippen LogP contribution in [0, 0.1) is 0 Å². The smallest absolute Gasteiger partial charge is 0.128 e. The number of hydrogen-bond donors (Lipinski definition) is 1. The van der Waals surface area contributed by atoms with Gasteiger partial charge < -0.3 is 15.0 Å². The Bertz CT molecular complexity index is 393. The second kappa shape index (κ2) is 6.93. The first-order valence-corrected chi connectivity index (χ1v) is 7.75. The molecule has 0 aliphatic carbocycles. The molecular formula is C16H27N3O. The molecule has 2 heterocycles. The molecule has 1 aromatic rings. The van der Waals surface area contributed by atoms with Crippen molar-refractivity contribution in [2.75, 3.05) is 23.3 Å². The van der Waals surface area contributed by atoms with Crippen LogP contribution in [0.1, 0.15) is 40.5 Å². The van der Waals surface area contributed by atoms with Crippen molar-refractivity contribution < 1.29 is 4.74 Å². The number of aromatic nitrogens is 1. The highest BCUT2D eigenvalue weighted by molar-refractivity contribution is 5.49. The van der Waals surface area contributed by atoms with Crippen LogP contribution in [0.4, 0.5) is 11.5 Å². The number of hydrogen-bond acceptors (Lipinski definition) is 4. The quantitative estimate of drug-likeness (QED) is 0.896. The van der Waals surface area contributed by atoms with Crippen LogP contribution in [0.2, 0.25) is 0 Å². The van der Waals surface area contributed by atoms with Gasteiger partial charge in [0.05, 0.1) is 24.1 Å². The first-order chi connectivity index (χ1) is 9.62. The van der Waals surface area contributed by atoms with Crippen LogP contribution >= 0.6 is 0 Å². The van der Waals surface area contributed by atoms with Gasteiger partial charge in [0.2, 0.25) is 0 Å². The normalized spacial score (nSPS) is 26.3. The SMILES string of the molecule is CCN(CC)c1ccc(NC2CC(C)OC(C)C2)cn1. The molecule has 1 aromatic heterocycles. The number of rotatable bonds is 5. The van der Waals surface area contributed by atoms with Crippen molar-refractivity contribution in [3.8, 4) is 0 Å². The van der Waals surface area contributed by atoms with Crippen molar-refractivity contribution in [3.05, 3.63) is 18.3 Å². The second-order valence-electron chi connectivity index (χ2n) is 5.65. The fraction of sp³-hybridized carbons (Fsp3) is 0.688. The Kier molecular flexibility index (Phi) is 5.24. The highest BCUT2D eigenvalue weighted by atomic mass is 16.5. The van der Waals surface area contributed by atoms with Gasteiger partial charge in [-0.1, -0.05) is 0 Å². The molecule has 1 aliphatic heterocycles. The van der Waals surface area contributed by atoms with Crippen molar-refractivity contribution in [2.24, 2.45) is 0 Å². The van der Waals surface area contributed by atoms with E-state index in [0.29, 0.717) is 18.2 Å². The lowest BCUT2D eigenvalue weighted by atomic mass is 10.00. The summed E-state index contributed by atoms with van der Waals surface area (Å²) in [5.41, 5.74) is 1.10. The molecule has 0 aromatic carbocycles. The van der Waals surface area contributed by atoms with E-state index < -0.39 is 0 Å². The minimum atomic E-state index is 0.333. The first kappa shape index (κ1) is 15.1. The molecule has 112 valence electrons. The van der Waals surface area contributed by atoms with E-state index in [0.717, 1.165) is 37.4 Å². The lowest BCUT2D eigenvalue weighted by Gasteiger charge is -2.33. The summed E-state index contributed by atoms with van der Waals surface area (Å²) in [6, 6.07) is 4.71. The average Bonchev–Trinajstić information content (AvgIpc) is 2.41. The van der Waals surface area contributed by atoms with E-state index in [1.165, 1.54) is 0 Å². The van der Waals surface area contributed by atoms with Gasteiger partial charge in [0.15, 0.2) is 0 Å². The fourth-order valence-electron chi connectivity index (χ4n) is 2.96. The summed E-state index contributed by atoms with van der Waals surface area (Å²) in [5, 5.41) is 3.58. The zero-order chi connectivity index (χ0) is 14.5. The molecule has 4 nitrogen and oxygen atoms in total. The molecule has 1 N–H and O–H groups in total. The van der Waals surface area contributed by atoms with Crippen molar-refractivity contribution >= 4 is 11.5 Å². The molecule has 2 atom stereocenters. The zero-order valence-corrected chi connectivity index (χ0v) is 13.1. The summed E-state index contributed by atoms with van der Waals surface area (Å²) < 4.78 is 5.77. The monoisotopic (exact) mass is 277 g/mol. The highest BCUT2D eigenvalue weighted by Crippen LogP contribution is 2.23. The van der Waals surface area contributed by atoms with Crippen LogP contribution in [0.5, 0.6) is 0 Å². The molecule has 1 aliphatic rings. The van der Waals surface area contributed by atoms with Gasteiger partial charge in [0.1, 0.15) is 5.82 Å². The molecule has 2 rings (SSSR count).